The molecule has 0 spiro atoms. The molecule has 2 rings (SSSR count). The average molecular weight is 252 g/mol. The van der Waals surface area contributed by atoms with E-state index in [1.165, 1.54) is 19.6 Å². The summed E-state index contributed by atoms with van der Waals surface area (Å²) < 4.78 is 18.5. The quantitative estimate of drug-likeness (QED) is 0.889. The van der Waals surface area contributed by atoms with Crippen molar-refractivity contribution in [2.75, 3.05) is 7.11 Å². The van der Waals surface area contributed by atoms with Gasteiger partial charge >= 0.3 is 0 Å². The summed E-state index contributed by atoms with van der Waals surface area (Å²) in [6.07, 6.45) is 3.88. The fourth-order valence-electron chi connectivity index (χ4n) is 2.91. The third kappa shape index (κ3) is 2.83. The first-order chi connectivity index (χ1) is 8.61. The molecule has 1 N–H and O–H groups in total. The lowest BCUT2D eigenvalue weighted by Gasteiger charge is -2.30. The van der Waals surface area contributed by atoms with Gasteiger partial charge in [-0.05, 0) is 42.4 Å². The van der Waals surface area contributed by atoms with Crippen LogP contribution in [0.3, 0.4) is 0 Å². The Morgan fingerprint density at radius 2 is 2.17 bits per heavy atom. The Kier molecular flexibility index (Phi) is 4.23. The van der Waals surface area contributed by atoms with Gasteiger partial charge in [0, 0.05) is 0 Å². The molecule has 0 bridgehead atoms. The summed E-state index contributed by atoms with van der Waals surface area (Å²) in [5.74, 6) is 0.726. The average Bonchev–Trinajstić information content (AvgIpc) is 2.37. The van der Waals surface area contributed by atoms with E-state index >= 15 is 0 Å². The summed E-state index contributed by atoms with van der Waals surface area (Å²) in [7, 11) is 1.44. The van der Waals surface area contributed by atoms with Gasteiger partial charge in [-0.15, -0.1) is 0 Å². The lowest BCUT2D eigenvalue weighted by Crippen LogP contribution is -2.20. The molecule has 100 valence electrons. The fraction of sp³-hybridized carbons (Fsp3) is 0.600. The topological polar surface area (TPSA) is 29.5 Å². The molecule has 0 aliphatic heterocycles. The summed E-state index contributed by atoms with van der Waals surface area (Å²) >= 11 is 0. The van der Waals surface area contributed by atoms with E-state index in [4.69, 9.17) is 4.74 Å². The van der Waals surface area contributed by atoms with E-state index in [9.17, 15) is 9.50 Å². The van der Waals surface area contributed by atoms with Gasteiger partial charge in [-0.1, -0.05) is 25.8 Å². The second-order valence-electron chi connectivity index (χ2n) is 5.37. The molecule has 1 aromatic rings. The van der Waals surface area contributed by atoms with Crippen LogP contribution in [-0.2, 0) is 0 Å². The van der Waals surface area contributed by atoms with Crippen molar-refractivity contribution in [1.82, 2.24) is 0 Å². The normalized spacial score (nSPS) is 25.8. The van der Waals surface area contributed by atoms with E-state index in [0.717, 1.165) is 19.3 Å². The number of benzene rings is 1. The number of hydrogen-bond donors (Lipinski definition) is 1. The SMILES string of the molecule is COc1ccc(C(O)C2CCCC(C)C2)cc1F. The Balaban J connectivity index is 2.12. The lowest BCUT2D eigenvalue weighted by atomic mass is 9.78. The van der Waals surface area contributed by atoms with Gasteiger partial charge in [-0.25, -0.2) is 4.39 Å². The number of hydrogen-bond acceptors (Lipinski definition) is 2. The summed E-state index contributed by atoms with van der Waals surface area (Å²) in [5.41, 5.74) is 0.660. The van der Waals surface area contributed by atoms with Crippen LogP contribution in [0.2, 0.25) is 0 Å². The minimum atomic E-state index is -0.562. The maximum Gasteiger partial charge on any atom is 0.165 e. The van der Waals surface area contributed by atoms with Crippen LogP contribution in [0.4, 0.5) is 4.39 Å². The van der Waals surface area contributed by atoms with E-state index in [0.29, 0.717) is 11.5 Å². The van der Waals surface area contributed by atoms with Crippen LogP contribution >= 0.6 is 0 Å². The minimum absolute atomic E-state index is 0.225. The maximum absolute atomic E-state index is 13.6. The van der Waals surface area contributed by atoms with Crippen molar-refractivity contribution in [2.45, 2.75) is 38.7 Å². The maximum atomic E-state index is 13.6. The predicted octanol–water partition coefficient (Wildman–Crippen LogP) is 3.69. The van der Waals surface area contributed by atoms with E-state index < -0.39 is 11.9 Å². The van der Waals surface area contributed by atoms with E-state index in [1.807, 2.05) is 0 Å². The Morgan fingerprint density at radius 1 is 1.39 bits per heavy atom. The zero-order valence-corrected chi connectivity index (χ0v) is 11.0. The molecule has 3 atom stereocenters. The Hall–Kier alpha value is -1.09. The van der Waals surface area contributed by atoms with Crippen molar-refractivity contribution < 1.29 is 14.2 Å². The number of aliphatic hydroxyl groups is 1. The van der Waals surface area contributed by atoms with E-state index in [2.05, 4.69) is 6.92 Å². The van der Waals surface area contributed by atoms with E-state index in [1.54, 1.807) is 12.1 Å². The largest absolute Gasteiger partial charge is 0.494 e. The van der Waals surface area contributed by atoms with E-state index in [-0.39, 0.29) is 11.7 Å². The van der Waals surface area contributed by atoms with Crippen LogP contribution in [0.1, 0.15) is 44.3 Å². The first-order valence-electron chi connectivity index (χ1n) is 6.63. The fourth-order valence-corrected chi connectivity index (χ4v) is 2.91. The molecule has 2 nitrogen and oxygen atoms in total. The van der Waals surface area contributed by atoms with Gasteiger partial charge < -0.3 is 9.84 Å². The molecular weight excluding hydrogens is 231 g/mol. The number of halogens is 1. The van der Waals surface area contributed by atoms with Crippen molar-refractivity contribution in [2.24, 2.45) is 11.8 Å². The van der Waals surface area contributed by atoms with Crippen molar-refractivity contribution in [3.8, 4) is 5.75 Å². The zero-order valence-electron chi connectivity index (χ0n) is 11.0. The molecule has 0 aromatic heterocycles. The molecule has 3 heteroatoms. The summed E-state index contributed by atoms with van der Waals surface area (Å²) in [6.45, 7) is 2.22. The molecular formula is C15H21FO2. The van der Waals surface area contributed by atoms with Gasteiger partial charge in [0.05, 0.1) is 13.2 Å². The second-order valence-corrected chi connectivity index (χ2v) is 5.37. The number of ether oxygens (including phenoxy) is 1. The molecule has 0 saturated heterocycles. The highest BCUT2D eigenvalue weighted by atomic mass is 19.1. The van der Waals surface area contributed by atoms with Crippen molar-refractivity contribution in [3.05, 3.63) is 29.6 Å². The van der Waals surface area contributed by atoms with Crippen LogP contribution < -0.4 is 4.74 Å². The molecule has 0 heterocycles. The highest BCUT2D eigenvalue weighted by molar-refractivity contribution is 5.30. The van der Waals surface area contributed by atoms with Crippen LogP contribution in [-0.4, -0.2) is 12.2 Å². The highest BCUT2D eigenvalue weighted by Crippen LogP contribution is 2.37. The smallest absolute Gasteiger partial charge is 0.165 e. The van der Waals surface area contributed by atoms with Gasteiger partial charge in [0.25, 0.3) is 0 Å². The first-order valence-corrected chi connectivity index (χ1v) is 6.63. The Morgan fingerprint density at radius 3 is 2.78 bits per heavy atom. The number of methoxy groups -OCH3 is 1. The summed E-state index contributed by atoms with van der Waals surface area (Å²) in [5, 5.41) is 10.3. The Bertz CT molecular complexity index is 405. The molecule has 0 radical (unpaired) electrons. The molecule has 1 aromatic carbocycles. The minimum Gasteiger partial charge on any atom is -0.494 e. The van der Waals surface area contributed by atoms with Gasteiger partial charge in [0.2, 0.25) is 0 Å². The molecule has 18 heavy (non-hydrogen) atoms. The molecule has 1 aliphatic rings. The van der Waals surface area contributed by atoms with Crippen molar-refractivity contribution in [1.29, 1.82) is 0 Å². The monoisotopic (exact) mass is 252 g/mol. The van der Waals surface area contributed by atoms with Gasteiger partial charge in [0.15, 0.2) is 11.6 Å². The highest BCUT2D eigenvalue weighted by Gasteiger charge is 2.26. The molecule has 3 unspecified atom stereocenters. The molecule has 1 aliphatic carbocycles. The van der Waals surface area contributed by atoms with Gasteiger partial charge in [-0.3, -0.25) is 0 Å². The van der Waals surface area contributed by atoms with Crippen molar-refractivity contribution >= 4 is 0 Å². The van der Waals surface area contributed by atoms with Crippen LogP contribution in [0.25, 0.3) is 0 Å². The number of aliphatic hydroxyl groups excluding tert-OH is 1. The Labute approximate surface area is 108 Å². The third-order valence-corrected chi connectivity index (χ3v) is 3.94. The molecule has 0 amide bonds. The summed E-state index contributed by atoms with van der Waals surface area (Å²) in [4.78, 5) is 0. The van der Waals surface area contributed by atoms with Gasteiger partial charge in [0.1, 0.15) is 0 Å². The number of rotatable bonds is 3. The van der Waals surface area contributed by atoms with Crippen LogP contribution in [0.15, 0.2) is 18.2 Å². The first kappa shape index (κ1) is 13.3. The van der Waals surface area contributed by atoms with Crippen LogP contribution in [0, 0.1) is 17.7 Å². The van der Waals surface area contributed by atoms with Gasteiger partial charge in [-0.2, -0.15) is 0 Å². The second kappa shape index (κ2) is 5.70. The van der Waals surface area contributed by atoms with Crippen LogP contribution in [0.5, 0.6) is 5.75 Å². The molecule has 1 saturated carbocycles. The lowest BCUT2D eigenvalue weighted by molar-refractivity contribution is 0.0711. The molecule has 1 fully saturated rings. The third-order valence-electron chi connectivity index (χ3n) is 3.94. The zero-order chi connectivity index (χ0) is 13.1. The predicted molar refractivity (Wildman–Crippen MR) is 69.0 cm³/mol. The standard InChI is InChI=1S/C15H21FO2/c1-10-4-3-5-11(8-10)15(17)12-6-7-14(18-2)13(16)9-12/h6-7,9-11,15,17H,3-5,8H2,1-2H3. The summed E-state index contributed by atoms with van der Waals surface area (Å²) in [6, 6.07) is 4.73. The van der Waals surface area contributed by atoms with Crippen molar-refractivity contribution in [3.63, 3.8) is 0 Å².